The van der Waals surface area contributed by atoms with E-state index in [0.717, 1.165) is 60.2 Å². The summed E-state index contributed by atoms with van der Waals surface area (Å²) in [5.41, 5.74) is 1.07. The van der Waals surface area contributed by atoms with Crippen LogP contribution in [0.1, 0.15) is 119 Å². The zero-order chi connectivity index (χ0) is 23.3. The Morgan fingerprint density at radius 2 is 1.56 bits per heavy atom. The van der Waals surface area contributed by atoms with Gasteiger partial charge in [0.2, 0.25) is 0 Å². The molecule has 4 saturated carbocycles. The van der Waals surface area contributed by atoms with Crippen LogP contribution in [0, 0.1) is 58.2 Å². The van der Waals surface area contributed by atoms with Gasteiger partial charge in [0, 0.05) is 6.92 Å². The maximum atomic E-state index is 11.5. The summed E-state index contributed by atoms with van der Waals surface area (Å²) in [6, 6.07) is 0. The van der Waals surface area contributed by atoms with Gasteiger partial charge in [0.15, 0.2) is 0 Å². The van der Waals surface area contributed by atoms with Gasteiger partial charge in [0.25, 0.3) is 0 Å². The van der Waals surface area contributed by atoms with Crippen LogP contribution in [-0.2, 0) is 9.53 Å². The van der Waals surface area contributed by atoms with Crippen molar-refractivity contribution in [2.24, 2.45) is 58.2 Å². The van der Waals surface area contributed by atoms with Crippen LogP contribution in [0.4, 0.5) is 0 Å². The highest BCUT2D eigenvalue weighted by atomic mass is 16.5. The second kappa shape index (κ2) is 9.26. The van der Waals surface area contributed by atoms with Crippen LogP contribution in [0.15, 0.2) is 0 Å². The quantitative estimate of drug-likeness (QED) is 0.385. The Bertz CT molecular complexity index is 670. The number of hydrogen-bond acceptors (Lipinski definition) is 2. The molecule has 4 fully saturated rings. The van der Waals surface area contributed by atoms with Crippen molar-refractivity contribution in [2.45, 2.75) is 125 Å². The van der Waals surface area contributed by atoms with Gasteiger partial charge in [-0.3, -0.25) is 4.79 Å². The SMILES string of the molecule is CC(=O)O[C@@H]1CC[C@@]2(C)[C@@H](CC[C@H]3[C@H]4CC[C@H]([C@H](C)CC[C@H](C)C(C)C)[C@]4(C)CC[C@H]32)C1. The van der Waals surface area contributed by atoms with Crippen molar-refractivity contribution >= 4 is 5.97 Å². The second-order valence-corrected chi connectivity index (χ2v) is 13.7. The second-order valence-electron chi connectivity index (χ2n) is 13.7. The minimum atomic E-state index is -0.0883. The first kappa shape index (κ1) is 24.6. The summed E-state index contributed by atoms with van der Waals surface area (Å²) in [5.74, 6) is 6.99. The Hall–Kier alpha value is -0.530. The summed E-state index contributed by atoms with van der Waals surface area (Å²) >= 11 is 0. The molecule has 0 amide bonds. The minimum Gasteiger partial charge on any atom is -0.463 e. The van der Waals surface area contributed by atoms with E-state index in [1.807, 2.05) is 0 Å². The van der Waals surface area contributed by atoms with E-state index in [1.54, 1.807) is 6.92 Å². The molecule has 0 aliphatic heterocycles. The first-order valence-corrected chi connectivity index (χ1v) is 14.2. The molecule has 4 rings (SSSR count). The molecule has 32 heavy (non-hydrogen) atoms. The number of rotatable bonds is 6. The van der Waals surface area contributed by atoms with E-state index in [9.17, 15) is 4.79 Å². The lowest BCUT2D eigenvalue weighted by Crippen LogP contribution is -2.54. The fraction of sp³-hybridized carbons (Fsp3) is 0.967. The first-order valence-electron chi connectivity index (χ1n) is 14.2. The van der Waals surface area contributed by atoms with Gasteiger partial charge in [-0.2, -0.15) is 0 Å². The lowest BCUT2D eigenvalue weighted by atomic mass is 9.44. The first-order chi connectivity index (χ1) is 15.1. The normalized spacial score (nSPS) is 45.5. The zero-order valence-corrected chi connectivity index (χ0v) is 22.3. The highest BCUT2D eigenvalue weighted by Crippen LogP contribution is 2.68. The van der Waals surface area contributed by atoms with Crippen LogP contribution in [-0.4, -0.2) is 12.1 Å². The average molecular weight is 445 g/mol. The van der Waals surface area contributed by atoms with Crippen molar-refractivity contribution in [1.29, 1.82) is 0 Å². The Morgan fingerprint density at radius 1 is 0.875 bits per heavy atom. The summed E-state index contributed by atoms with van der Waals surface area (Å²) in [5, 5.41) is 0. The Labute approximate surface area is 199 Å². The maximum absolute atomic E-state index is 11.5. The van der Waals surface area contributed by atoms with E-state index in [4.69, 9.17) is 4.74 Å². The molecule has 0 N–H and O–H groups in total. The summed E-state index contributed by atoms with van der Waals surface area (Å²) in [6.07, 6.45) is 15.2. The standard InChI is InChI=1S/C30H52O2/c1-19(2)20(3)8-9-21(4)26-12-13-27-25-11-10-23-18-24(32-22(5)31)14-16-29(23,6)28(25)15-17-30(26,27)7/h19-21,23-28H,8-18H2,1-7H3/t20-,21+,23-,24+,25-,26+,27+,28+,29-,30-/m0/s1. The smallest absolute Gasteiger partial charge is 0.302 e. The molecule has 0 spiro atoms. The van der Waals surface area contributed by atoms with Crippen molar-refractivity contribution in [2.75, 3.05) is 0 Å². The van der Waals surface area contributed by atoms with Crippen LogP contribution < -0.4 is 0 Å². The van der Waals surface area contributed by atoms with Gasteiger partial charge in [-0.1, -0.05) is 54.4 Å². The molecule has 2 heteroatoms. The van der Waals surface area contributed by atoms with Gasteiger partial charge in [0.1, 0.15) is 6.10 Å². The highest BCUT2D eigenvalue weighted by molar-refractivity contribution is 5.66. The minimum absolute atomic E-state index is 0.0883. The predicted octanol–water partition coefficient (Wildman–Crippen LogP) is 8.29. The number of ether oxygens (including phenoxy) is 1. The van der Waals surface area contributed by atoms with Crippen molar-refractivity contribution in [3.8, 4) is 0 Å². The molecule has 4 aliphatic carbocycles. The lowest BCUT2D eigenvalue weighted by Gasteiger charge is -2.61. The molecule has 184 valence electrons. The van der Waals surface area contributed by atoms with Gasteiger partial charge in [-0.15, -0.1) is 0 Å². The van der Waals surface area contributed by atoms with E-state index in [-0.39, 0.29) is 12.1 Å². The molecule has 0 aromatic carbocycles. The average Bonchev–Trinajstić information content (AvgIpc) is 3.08. The number of fused-ring (bicyclic) bond motifs is 5. The molecule has 10 atom stereocenters. The van der Waals surface area contributed by atoms with Crippen LogP contribution in [0.5, 0.6) is 0 Å². The fourth-order valence-corrected chi connectivity index (χ4v) is 9.60. The summed E-state index contributed by atoms with van der Waals surface area (Å²) < 4.78 is 5.66. The van der Waals surface area contributed by atoms with Gasteiger partial charge >= 0.3 is 5.97 Å². The maximum Gasteiger partial charge on any atom is 0.302 e. The van der Waals surface area contributed by atoms with Crippen LogP contribution in [0.25, 0.3) is 0 Å². The fourth-order valence-electron chi connectivity index (χ4n) is 9.60. The predicted molar refractivity (Wildman–Crippen MR) is 133 cm³/mol. The van der Waals surface area contributed by atoms with E-state index < -0.39 is 0 Å². The van der Waals surface area contributed by atoms with E-state index >= 15 is 0 Å². The third kappa shape index (κ3) is 4.31. The van der Waals surface area contributed by atoms with Gasteiger partial charge in [-0.25, -0.2) is 0 Å². The van der Waals surface area contributed by atoms with Crippen molar-refractivity contribution < 1.29 is 9.53 Å². The Kier molecular flexibility index (Phi) is 7.11. The van der Waals surface area contributed by atoms with Crippen LogP contribution in [0.3, 0.4) is 0 Å². The Balaban J connectivity index is 1.43. The summed E-state index contributed by atoms with van der Waals surface area (Å²) in [4.78, 5) is 11.5. The molecular weight excluding hydrogens is 392 g/mol. The van der Waals surface area contributed by atoms with Gasteiger partial charge < -0.3 is 4.74 Å². The van der Waals surface area contributed by atoms with Crippen molar-refractivity contribution in [3.05, 3.63) is 0 Å². The summed E-state index contributed by atoms with van der Waals surface area (Å²) in [7, 11) is 0. The van der Waals surface area contributed by atoms with E-state index in [0.29, 0.717) is 10.8 Å². The molecule has 2 nitrogen and oxygen atoms in total. The van der Waals surface area contributed by atoms with Crippen LogP contribution in [0.2, 0.25) is 0 Å². The molecule has 0 unspecified atom stereocenters. The van der Waals surface area contributed by atoms with Crippen molar-refractivity contribution in [3.63, 3.8) is 0 Å². The van der Waals surface area contributed by atoms with Crippen LogP contribution >= 0.6 is 0 Å². The number of carbonyl (C=O) groups excluding carboxylic acids is 1. The van der Waals surface area contributed by atoms with Crippen molar-refractivity contribution in [1.82, 2.24) is 0 Å². The molecule has 0 radical (unpaired) electrons. The lowest BCUT2D eigenvalue weighted by molar-refractivity contribution is -0.160. The molecule has 0 heterocycles. The molecule has 0 bridgehead atoms. The van der Waals surface area contributed by atoms with Gasteiger partial charge in [0.05, 0.1) is 0 Å². The van der Waals surface area contributed by atoms with Gasteiger partial charge in [-0.05, 0) is 116 Å². The van der Waals surface area contributed by atoms with E-state index in [2.05, 4.69) is 41.5 Å². The number of carbonyl (C=O) groups is 1. The number of hydrogen-bond donors (Lipinski definition) is 0. The third-order valence-electron chi connectivity index (χ3n) is 11.9. The topological polar surface area (TPSA) is 26.3 Å². The third-order valence-corrected chi connectivity index (χ3v) is 11.9. The molecule has 4 aliphatic rings. The highest BCUT2D eigenvalue weighted by Gasteiger charge is 2.60. The summed E-state index contributed by atoms with van der Waals surface area (Å²) in [6.45, 7) is 16.7. The largest absolute Gasteiger partial charge is 0.463 e. The zero-order valence-electron chi connectivity index (χ0n) is 22.3. The Morgan fingerprint density at radius 3 is 2.25 bits per heavy atom. The number of esters is 1. The molecule has 0 saturated heterocycles. The van der Waals surface area contributed by atoms with E-state index in [1.165, 1.54) is 57.8 Å². The molecular formula is C30H52O2. The monoisotopic (exact) mass is 444 g/mol. The molecule has 0 aromatic heterocycles. The molecule has 0 aromatic rings.